The van der Waals surface area contributed by atoms with E-state index in [0.717, 1.165) is 0 Å². The van der Waals surface area contributed by atoms with Crippen LogP contribution < -0.4 is 10.9 Å². The number of carboxylic acids is 1. The molecule has 0 aromatic carbocycles. The smallest absolute Gasteiger partial charge is 0.355 e. The van der Waals surface area contributed by atoms with Crippen molar-refractivity contribution >= 4 is 23.2 Å². The molecule has 0 aliphatic rings. The molecule has 0 aliphatic carbocycles. The quantitative estimate of drug-likeness (QED) is 0.838. The van der Waals surface area contributed by atoms with Gasteiger partial charge in [-0.2, -0.15) is 0 Å². The number of aromatic carboxylic acids is 1. The number of amides is 1. The first-order chi connectivity index (χ1) is 9.97. The average Bonchev–Trinajstić information content (AvgIpc) is 2.91. The summed E-state index contributed by atoms with van der Waals surface area (Å²) in [5, 5.41) is 13.5. The Kier molecular flexibility index (Phi) is 4.49. The van der Waals surface area contributed by atoms with E-state index in [1.165, 1.54) is 33.5 Å². The minimum atomic E-state index is -1.07. The summed E-state index contributed by atoms with van der Waals surface area (Å²) < 4.78 is 1.37. The number of hydrogen-bond donors (Lipinski definition) is 2. The molecule has 0 fully saturated rings. The van der Waals surface area contributed by atoms with E-state index in [1.807, 2.05) is 0 Å². The maximum atomic E-state index is 11.8. The standard InChI is InChI=1S/C13H13N3O4S/c1-16-5-3-8(6-11(16)17)12(18)14-4-2-10-15-9(7-21-10)13(19)20/h3,5-7H,2,4H2,1H3,(H,14,18)(H,19,20). The molecule has 7 nitrogen and oxygen atoms in total. The van der Waals surface area contributed by atoms with Gasteiger partial charge in [0.05, 0.1) is 5.01 Å². The predicted octanol–water partition coefficient (Wildman–Crippen LogP) is 0.512. The number of carbonyl (C=O) groups is 2. The summed E-state index contributed by atoms with van der Waals surface area (Å²) in [5.41, 5.74) is 0.0463. The highest BCUT2D eigenvalue weighted by Gasteiger charge is 2.10. The highest BCUT2D eigenvalue weighted by Crippen LogP contribution is 2.09. The third-order valence-electron chi connectivity index (χ3n) is 2.76. The average molecular weight is 307 g/mol. The molecule has 0 spiro atoms. The van der Waals surface area contributed by atoms with E-state index in [4.69, 9.17) is 5.11 Å². The number of hydrogen-bond acceptors (Lipinski definition) is 5. The third-order valence-corrected chi connectivity index (χ3v) is 3.67. The van der Waals surface area contributed by atoms with Crippen LogP contribution in [0.4, 0.5) is 0 Å². The van der Waals surface area contributed by atoms with Crippen molar-refractivity contribution in [1.29, 1.82) is 0 Å². The molecule has 0 atom stereocenters. The Labute approximate surface area is 123 Å². The molecule has 1 amide bonds. The van der Waals surface area contributed by atoms with E-state index in [1.54, 1.807) is 13.1 Å². The third kappa shape index (κ3) is 3.76. The largest absolute Gasteiger partial charge is 0.476 e. The van der Waals surface area contributed by atoms with Crippen LogP contribution in [0, 0.1) is 0 Å². The maximum Gasteiger partial charge on any atom is 0.355 e. The van der Waals surface area contributed by atoms with Gasteiger partial charge in [-0.05, 0) is 6.07 Å². The molecule has 0 unspecified atom stereocenters. The second-order valence-electron chi connectivity index (χ2n) is 4.30. The fourth-order valence-corrected chi connectivity index (χ4v) is 2.37. The van der Waals surface area contributed by atoms with Crippen molar-refractivity contribution in [1.82, 2.24) is 14.9 Å². The van der Waals surface area contributed by atoms with Gasteiger partial charge in [-0.1, -0.05) is 0 Å². The molecule has 21 heavy (non-hydrogen) atoms. The fourth-order valence-electron chi connectivity index (χ4n) is 1.60. The Balaban J connectivity index is 1.90. The maximum absolute atomic E-state index is 11.8. The highest BCUT2D eigenvalue weighted by atomic mass is 32.1. The molecule has 2 aromatic rings. The van der Waals surface area contributed by atoms with Gasteiger partial charge in [-0.15, -0.1) is 11.3 Å². The highest BCUT2D eigenvalue weighted by molar-refractivity contribution is 7.09. The zero-order chi connectivity index (χ0) is 15.4. The van der Waals surface area contributed by atoms with E-state index in [2.05, 4.69) is 10.3 Å². The Morgan fingerprint density at radius 2 is 2.24 bits per heavy atom. The van der Waals surface area contributed by atoms with E-state index < -0.39 is 5.97 Å². The van der Waals surface area contributed by atoms with E-state index in [-0.39, 0.29) is 17.2 Å². The van der Waals surface area contributed by atoms with Gasteiger partial charge in [-0.3, -0.25) is 9.59 Å². The Hall–Kier alpha value is -2.48. The van der Waals surface area contributed by atoms with Crippen LogP contribution in [0.5, 0.6) is 0 Å². The summed E-state index contributed by atoms with van der Waals surface area (Å²) in [7, 11) is 1.60. The monoisotopic (exact) mass is 307 g/mol. The number of aromatic nitrogens is 2. The van der Waals surface area contributed by atoms with Crippen LogP contribution in [0.3, 0.4) is 0 Å². The number of carbonyl (C=O) groups excluding carboxylic acids is 1. The molecule has 8 heteroatoms. The van der Waals surface area contributed by atoms with Gasteiger partial charge >= 0.3 is 5.97 Å². The second-order valence-corrected chi connectivity index (χ2v) is 5.24. The molecule has 2 N–H and O–H groups in total. The summed E-state index contributed by atoms with van der Waals surface area (Å²) in [6, 6.07) is 2.82. The lowest BCUT2D eigenvalue weighted by Gasteiger charge is -2.04. The van der Waals surface area contributed by atoms with Crippen LogP contribution in [0.1, 0.15) is 25.9 Å². The van der Waals surface area contributed by atoms with E-state index in [9.17, 15) is 14.4 Å². The van der Waals surface area contributed by atoms with Crippen LogP contribution in [-0.4, -0.2) is 33.1 Å². The SMILES string of the molecule is Cn1ccc(C(=O)NCCc2nc(C(=O)O)cs2)cc1=O. The van der Waals surface area contributed by atoms with Gasteiger partial charge in [0, 0.05) is 43.2 Å². The van der Waals surface area contributed by atoms with Crippen molar-refractivity contribution in [2.45, 2.75) is 6.42 Å². The molecule has 2 aromatic heterocycles. The van der Waals surface area contributed by atoms with Crippen molar-refractivity contribution in [3.63, 3.8) is 0 Å². The Morgan fingerprint density at radius 3 is 2.86 bits per heavy atom. The summed E-state index contributed by atoms with van der Waals surface area (Å²) in [4.78, 5) is 37.9. The number of carboxylic acid groups (broad SMARTS) is 1. The number of nitrogens with zero attached hydrogens (tertiary/aromatic N) is 2. The first-order valence-corrected chi connectivity index (χ1v) is 6.98. The van der Waals surface area contributed by atoms with Gasteiger partial charge in [-0.25, -0.2) is 9.78 Å². The Bertz CT molecular complexity index is 735. The number of nitrogens with one attached hydrogen (secondary N) is 1. The summed E-state index contributed by atoms with van der Waals surface area (Å²) >= 11 is 1.23. The fraction of sp³-hybridized carbons (Fsp3) is 0.231. The zero-order valence-electron chi connectivity index (χ0n) is 11.2. The van der Waals surface area contributed by atoms with Gasteiger partial charge in [0.2, 0.25) is 0 Å². The lowest BCUT2D eigenvalue weighted by atomic mass is 10.2. The molecular weight excluding hydrogens is 294 g/mol. The minimum Gasteiger partial charge on any atom is -0.476 e. The molecule has 110 valence electrons. The van der Waals surface area contributed by atoms with Crippen LogP contribution in [0.2, 0.25) is 0 Å². The van der Waals surface area contributed by atoms with Crippen molar-refractivity contribution in [3.8, 4) is 0 Å². The molecule has 2 rings (SSSR count). The number of pyridine rings is 1. The van der Waals surface area contributed by atoms with Crippen molar-refractivity contribution in [2.24, 2.45) is 7.05 Å². The normalized spacial score (nSPS) is 10.3. The topological polar surface area (TPSA) is 101 Å². The molecule has 0 saturated heterocycles. The number of thiazole rings is 1. The predicted molar refractivity (Wildman–Crippen MR) is 76.8 cm³/mol. The zero-order valence-corrected chi connectivity index (χ0v) is 12.0. The van der Waals surface area contributed by atoms with Crippen LogP contribution in [0.25, 0.3) is 0 Å². The van der Waals surface area contributed by atoms with Gasteiger partial charge in [0.15, 0.2) is 5.69 Å². The van der Waals surface area contributed by atoms with Crippen molar-refractivity contribution in [2.75, 3.05) is 6.54 Å². The molecule has 0 aliphatic heterocycles. The van der Waals surface area contributed by atoms with Crippen molar-refractivity contribution in [3.05, 3.63) is 50.3 Å². The van der Waals surface area contributed by atoms with Crippen molar-refractivity contribution < 1.29 is 14.7 Å². The molecule has 0 bridgehead atoms. The Morgan fingerprint density at radius 1 is 1.48 bits per heavy atom. The van der Waals surface area contributed by atoms with E-state index in [0.29, 0.717) is 23.5 Å². The molecule has 0 saturated carbocycles. The second kappa shape index (κ2) is 6.31. The van der Waals surface area contributed by atoms with Crippen LogP contribution >= 0.6 is 11.3 Å². The molecule has 2 heterocycles. The summed E-state index contributed by atoms with van der Waals surface area (Å²) in [5.74, 6) is -1.41. The molecule has 0 radical (unpaired) electrons. The summed E-state index contributed by atoms with van der Waals surface area (Å²) in [6.45, 7) is 0.320. The first kappa shape index (κ1) is 14.9. The van der Waals surface area contributed by atoms with Gasteiger partial charge in [0.1, 0.15) is 0 Å². The summed E-state index contributed by atoms with van der Waals surface area (Å²) in [6.07, 6.45) is 1.96. The number of aryl methyl sites for hydroxylation is 1. The van der Waals surface area contributed by atoms with Crippen LogP contribution in [0.15, 0.2) is 28.5 Å². The molecular formula is C13H13N3O4S. The lowest BCUT2D eigenvalue weighted by Crippen LogP contribution is -2.27. The van der Waals surface area contributed by atoms with E-state index >= 15 is 0 Å². The lowest BCUT2D eigenvalue weighted by molar-refractivity contribution is 0.0690. The van der Waals surface area contributed by atoms with Crippen LogP contribution in [-0.2, 0) is 13.5 Å². The van der Waals surface area contributed by atoms with Gasteiger partial charge in [0.25, 0.3) is 11.5 Å². The number of rotatable bonds is 5. The first-order valence-electron chi connectivity index (χ1n) is 6.10. The minimum absolute atomic E-state index is 0.00730. The van der Waals surface area contributed by atoms with Gasteiger partial charge < -0.3 is 15.0 Å².